The molecule has 0 saturated carbocycles. The van der Waals surface area contributed by atoms with Crippen molar-refractivity contribution in [2.24, 2.45) is 0 Å². The average molecular weight is 384 g/mol. The predicted molar refractivity (Wildman–Crippen MR) is 102 cm³/mol. The van der Waals surface area contributed by atoms with E-state index in [2.05, 4.69) is 5.32 Å². The molecule has 1 unspecified atom stereocenters. The maximum absolute atomic E-state index is 12.7. The minimum atomic E-state index is -3.04. The lowest BCUT2D eigenvalue weighted by atomic mass is 10.2. The zero-order chi connectivity index (χ0) is 19.2. The van der Waals surface area contributed by atoms with Gasteiger partial charge in [0.15, 0.2) is 9.84 Å². The first-order valence-corrected chi connectivity index (χ1v) is 10.7. The van der Waals surface area contributed by atoms with E-state index in [9.17, 15) is 13.2 Å². The Kier molecular flexibility index (Phi) is 7.28. The number of carbonyl (C=O) groups excluding carboxylic acids is 1. The number of nitrogens with one attached hydrogen (secondary N) is 1. The van der Waals surface area contributed by atoms with E-state index in [-0.39, 0.29) is 23.6 Å². The molecule has 0 bridgehead atoms. The zero-order valence-electron chi connectivity index (χ0n) is 15.8. The third-order valence-electron chi connectivity index (χ3n) is 4.38. The Labute approximate surface area is 156 Å². The van der Waals surface area contributed by atoms with Gasteiger partial charge >= 0.3 is 6.03 Å². The number of nitrogens with zero attached hydrogens (tertiary/aromatic N) is 2. The molecule has 1 saturated heterocycles. The van der Waals surface area contributed by atoms with Gasteiger partial charge < -0.3 is 19.9 Å². The lowest BCUT2D eigenvalue weighted by Gasteiger charge is -2.29. The number of carbonyl (C=O) groups is 1. The number of benzene rings is 1. The summed E-state index contributed by atoms with van der Waals surface area (Å²) in [7, 11) is 0.825. The van der Waals surface area contributed by atoms with E-state index in [1.54, 1.807) is 4.90 Å². The summed E-state index contributed by atoms with van der Waals surface area (Å²) in [5.41, 5.74) is 0.966. The molecular weight excluding hydrogens is 354 g/mol. The predicted octanol–water partition coefficient (Wildman–Crippen LogP) is 1.35. The van der Waals surface area contributed by atoms with Crippen molar-refractivity contribution in [2.75, 3.05) is 45.3 Å². The second kappa shape index (κ2) is 9.23. The van der Waals surface area contributed by atoms with Crippen molar-refractivity contribution >= 4 is 15.9 Å². The van der Waals surface area contributed by atoms with Gasteiger partial charge in [0, 0.05) is 25.7 Å². The van der Waals surface area contributed by atoms with E-state index in [0.717, 1.165) is 11.3 Å². The molecule has 1 atom stereocenters. The number of likely N-dealkylation sites (N-methyl/N-ethyl adjacent to an activating group) is 1. The van der Waals surface area contributed by atoms with Crippen LogP contribution in [0.25, 0.3) is 0 Å². The van der Waals surface area contributed by atoms with Crippen LogP contribution in [0.2, 0.25) is 0 Å². The third kappa shape index (κ3) is 6.17. The third-order valence-corrected chi connectivity index (χ3v) is 6.13. The highest BCUT2D eigenvalue weighted by Gasteiger charge is 2.34. The van der Waals surface area contributed by atoms with E-state index in [1.807, 2.05) is 50.2 Å². The fraction of sp³-hybridized carbons (Fsp3) is 0.611. The van der Waals surface area contributed by atoms with E-state index >= 15 is 0 Å². The number of sulfone groups is 1. The maximum Gasteiger partial charge on any atom is 0.317 e. The monoisotopic (exact) mass is 383 g/mol. The largest absolute Gasteiger partial charge is 0.494 e. The van der Waals surface area contributed by atoms with Gasteiger partial charge in [-0.3, -0.25) is 0 Å². The second-order valence-electron chi connectivity index (χ2n) is 6.79. The summed E-state index contributed by atoms with van der Waals surface area (Å²) in [5, 5.41) is 2.91. The Morgan fingerprint density at radius 3 is 2.46 bits per heavy atom. The van der Waals surface area contributed by atoms with Crippen molar-refractivity contribution < 1.29 is 17.9 Å². The van der Waals surface area contributed by atoms with Gasteiger partial charge in [-0.2, -0.15) is 0 Å². The smallest absolute Gasteiger partial charge is 0.317 e. The number of amides is 2. The molecule has 1 heterocycles. The molecule has 7 nitrogen and oxygen atoms in total. The highest BCUT2D eigenvalue weighted by molar-refractivity contribution is 7.91. The molecule has 0 aromatic heterocycles. The summed E-state index contributed by atoms with van der Waals surface area (Å²) in [6.07, 6.45) is 0.506. The average Bonchev–Trinajstić information content (AvgIpc) is 2.94. The number of urea groups is 1. The summed E-state index contributed by atoms with van der Waals surface area (Å²) in [4.78, 5) is 16.3. The standard InChI is InChI=1S/C18H29N3O4S/c1-4-25-17-7-5-15(6-8-17)13-19-18(22)21(11-10-20(2)3)16-9-12-26(23,24)14-16/h5-8,16H,4,9-14H2,1-3H3,(H,19,22). The van der Waals surface area contributed by atoms with Gasteiger partial charge in [-0.15, -0.1) is 0 Å². The zero-order valence-corrected chi connectivity index (χ0v) is 16.6. The lowest BCUT2D eigenvalue weighted by molar-refractivity contribution is 0.172. The summed E-state index contributed by atoms with van der Waals surface area (Å²) in [5.74, 6) is 1.01. The van der Waals surface area contributed by atoms with Crippen LogP contribution in [0, 0.1) is 0 Å². The van der Waals surface area contributed by atoms with Crippen LogP contribution in [0.4, 0.5) is 4.79 Å². The van der Waals surface area contributed by atoms with Gasteiger partial charge in [-0.1, -0.05) is 12.1 Å². The number of ether oxygens (including phenoxy) is 1. The Morgan fingerprint density at radius 1 is 1.23 bits per heavy atom. The van der Waals surface area contributed by atoms with Crippen LogP contribution >= 0.6 is 0 Å². The van der Waals surface area contributed by atoms with Crippen molar-refractivity contribution in [3.8, 4) is 5.75 Å². The van der Waals surface area contributed by atoms with Crippen LogP contribution in [-0.2, 0) is 16.4 Å². The molecule has 2 amide bonds. The van der Waals surface area contributed by atoms with E-state index in [0.29, 0.717) is 32.7 Å². The molecule has 1 aliphatic rings. The molecule has 1 N–H and O–H groups in total. The van der Waals surface area contributed by atoms with Crippen LogP contribution in [0.15, 0.2) is 24.3 Å². The first-order chi connectivity index (χ1) is 12.3. The number of hydrogen-bond acceptors (Lipinski definition) is 5. The Balaban J connectivity index is 1.96. The first-order valence-electron chi connectivity index (χ1n) is 8.92. The van der Waals surface area contributed by atoms with Crippen LogP contribution in [-0.4, -0.2) is 75.6 Å². The van der Waals surface area contributed by atoms with Crippen LogP contribution in [0.1, 0.15) is 18.9 Å². The number of hydrogen-bond donors (Lipinski definition) is 1. The van der Waals surface area contributed by atoms with Crippen LogP contribution in [0.5, 0.6) is 5.75 Å². The van der Waals surface area contributed by atoms with Gasteiger partial charge in [-0.25, -0.2) is 13.2 Å². The molecule has 8 heteroatoms. The normalized spacial score (nSPS) is 18.7. The molecule has 1 aromatic carbocycles. The highest BCUT2D eigenvalue weighted by atomic mass is 32.2. The molecule has 0 radical (unpaired) electrons. The van der Waals surface area contributed by atoms with Crippen molar-refractivity contribution in [1.29, 1.82) is 0 Å². The highest BCUT2D eigenvalue weighted by Crippen LogP contribution is 2.18. The van der Waals surface area contributed by atoms with Crippen molar-refractivity contribution in [1.82, 2.24) is 15.1 Å². The van der Waals surface area contributed by atoms with Crippen molar-refractivity contribution in [3.05, 3.63) is 29.8 Å². The van der Waals surface area contributed by atoms with Gasteiger partial charge in [0.25, 0.3) is 0 Å². The van der Waals surface area contributed by atoms with E-state index in [1.165, 1.54) is 0 Å². The van der Waals surface area contributed by atoms with Gasteiger partial charge in [0.2, 0.25) is 0 Å². The topological polar surface area (TPSA) is 79.0 Å². The van der Waals surface area contributed by atoms with E-state index in [4.69, 9.17) is 4.74 Å². The molecule has 0 aliphatic carbocycles. The minimum Gasteiger partial charge on any atom is -0.494 e. The summed E-state index contributed by atoms with van der Waals surface area (Å²) < 4.78 is 29.0. The van der Waals surface area contributed by atoms with Crippen LogP contribution < -0.4 is 10.1 Å². The Morgan fingerprint density at radius 2 is 1.92 bits per heavy atom. The van der Waals surface area contributed by atoms with E-state index < -0.39 is 9.84 Å². The molecule has 146 valence electrons. The van der Waals surface area contributed by atoms with Gasteiger partial charge in [0.1, 0.15) is 5.75 Å². The molecule has 1 aromatic rings. The van der Waals surface area contributed by atoms with Gasteiger partial charge in [-0.05, 0) is 45.1 Å². The quantitative estimate of drug-likeness (QED) is 0.733. The Hall–Kier alpha value is -1.80. The first kappa shape index (κ1) is 20.5. The Bertz CT molecular complexity index is 689. The summed E-state index contributed by atoms with van der Waals surface area (Å²) in [6, 6.07) is 7.10. The molecular formula is C18H29N3O4S. The lowest BCUT2D eigenvalue weighted by Crippen LogP contribution is -2.49. The van der Waals surface area contributed by atoms with Crippen LogP contribution in [0.3, 0.4) is 0 Å². The molecule has 26 heavy (non-hydrogen) atoms. The minimum absolute atomic E-state index is 0.0525. The molecule has 0 spiro atoms. The second-order valence-corrected chi connectivity index (χ2v) is 9.02. The molecule has 2 rings (SSSR count). The summed E-state index contributed by atoms with van der Waals surface area (Å²) in [6.45, 7) is 4.12. The fourth-order valence-electron chi connectivity index (χ4n) is 2.93. The maximum atomic E-state index is 12.7. The molecule has 1 fully saturated rings. The summed E-state index contributed by atoms with van der Waals surface area (Å²) >= 11 is 0. The van der Waals surface area contributed by atoms with Crippen molar-refractivity contribution in [2.45, 2.75) is 25.9 Å². The SMILES string of the molecule is CCOc1ccc(CNC(=O)N(CCN(C)C)C2CCS(=O)(=O)C2)cc1. The van der Waals surface area contributed by atoms with Gasteiger partial charge in [0.05, 0.1) is 18.1 Å². The van der Waals surface area contributed by atoms with Crippen molar-refractivity contribution in [3.63, 3.8) is 0 Å². The fourth-order valence-corrected chi connectivity index (χ4v) is 4.66. The number of rotatable bonds is 8. The molecule has 1 aliphatic heterocycles.